The molecule has 1 fully saturated rings. The van der Waals surface area contributed by atoms with E-state index in [0.717, 1.165) is 43.0 Å². The van der Waals surface area contributed by atoms with Crippen molar-refractivity contribution in [2.75, 3.05) is 33.4 Å². The van der Waals surface area contributed by atoms with Crippen molar-refractivity contribution in [3.8, 4) is 0 Å². The smallest absolute Gasteiger partial charge is 0.191 e. The Bertz CT molecular complexity index is 491. The third kappa shape index (κ3) is 6.56. The van der Waals surface area contributed by atoms with E-state index in [4.69, 9.17) is 4.74 Å². The quantitative estimate of drug-likeness (QED) is 0.321. The summed E-state index contributed by atoms with van der Waals surface area (Å²) in [6, 6.07) is 8.20. The lowest BCUT2D eigenvalue weighted by Gasteiger charge is -2.27. The summed E-state index contributed by atoms with van der Waals surface area (Å²) in [7, 11) is 1.76. The van der Waals surface area contributed by atoms with Gasteiger partial charge in [-0.25, -0.2) is 0 Å². The molecular weight excluding hydrogens is 473 g/mol. The standard InChI is InChI=1S/C16H24BrN3O2.HI/c1-18-15(19-10-13-2-4-14(17)5-3-13)20-11-16(6-8-21)7-9-22-12-16;/h2-5,21H,6-12H2,1H3,(H2,18,19,20);1H. The third-order valence-corrected chi connectivity index (χ3v) is 4.58. The van der Waals surface area contributed by atoms with Gasteiger partial charge < -0.3 is 20.5 Å². The van der Waals surface area contributed by atoms with Crippen molar-refractivity contribution in [2.24, 2.45) is 10.4 Å². The summed E-state index contributed by atoms with van der Waals surface area (Å²) in [5.41, 5.74) is 1.21. The summed E-state index contributed by atoms with van der Waals surface area (Å²) in [4.78, 5) is 4.25. The van der Waals surface area contributed by atoms with E-state index in [-0.39, 0.29) is 36.0 Å². The predicted molar refractivity (Wildman–Crippen MR) is 107 cm³/mol. The molecule has 0 radical (unpaired) electrons. The maximum atomic E-state index is 9.26. The lowest BCUT2D eigenvalue weighted by molar-refractivity contribution is 0.127. The Morgan fingerprint density at radius 1 is 1.35 bits per heavy atom. The molecule has 0 bridgehead atoms. The van der Waals surface area contributed by atoms with Crippen LogP contribution in [0.3, 0.4) is 0 Å². The number of hydrogen-bond acceptors (Lipinski definition) is 3. The van der Waals surface area contributed by atoms with E-state index >= 15 is 0 Å². The highest BCUT2D eigenvalue weighted by Crippen LogP contribution is 2.31. The molecule has 1 saturated heterocycles. The molecule has 1 atom stereocenters. The van der Waals surface area contributed by atoms with Gasteiger partial charge in [-0.2, -0.15) is 0 Å². The largest absolute Gasteiger partial charge is 0.396 e. The van der Waals surface area contributed by atoms with E-state index in [1.54, 1.807) is 7.05 Å². The fraction of sp³-hybridized carbons (Fsp3) is 0.562. The number of benzene rings is 1. The topological polar surface area (TPSA) is 65.9 Å². The van der Waals surface area contributed by atoms with Gasteiger partial charge in [0.15, 0.2) is 5.96 Å². The van der Waals surface area contributed by atoms with Crippen molar-refractivity contribution in [3.05, 3.63) is 34.3 Å². The number of halogens is 2. The van der Waals surface area contributed by atoms with Gasteiger partial charge in [0.1, 0.15) is 0 Å². The number of nitrogens with zero attached hydrogens (tertiary/aromatic N) is 1. The van der Waals surface area contributed by atoms with Crippen LogP contribution >= 0.6 is 39.9 Å². The van der Waals surface area contributed by atoms with Crippen LogP contribution in [0.4, 0.5) is 0 Å². The number of aliphatic imine (C=N–C) groups is 1. The van der Waals surface area contributed by atoms with Gasteiger partial charge in [-0.15, -0.1) is 24.0 Å². The van der Waals surface area contributed by atoms with E-state index in [0.29, 0.717) is 6.61 Å². The van der Waals surface area contributed by atoms with Crippen LogP contribution in [0.25, 0.3) is 0 Å². The van der Waals surface area contributed by atoms with Gasteiger partial charge in [-0.1, -0.05) is 28.1 Å². The van der Waals surface area contributed by atoms with E-state index in [1.807, 2.05) is 12.1 Å². The number of rotatable bonds is 6. The second kappa shape index (κ2) is 10.5. The minimum atomic E-state index is 0. The van der Waals surface area contributed by atoms with Gasteiger partial charge in [0.05, 0.1) is 6.61 Å². The third-order valence-electron chi connectivity index (χ3n) is 4.05. The van der Waals surface area contributed by atoms with Gasteiger partial charge >= 0.3 is 0 Å². The highest BCUT2D eigenvalue weighted by Gasteiger charge is 2.34. The fourth-order valence-corrected chi connectivity index (χ4v) is 2.86. The predicted octanol–water partition coefficient (Wildman–Crippen LogP) is 2.52. The zero-order valence-corrected chi connectivity index (χ0v) is 17.3. The maximum Gasteiger partial charge on any atom is 0.191 e. The number of hydrogen-bond donors (Lipinski definition) is 3. The molecule has 7 heteroatoms. The Morgan fingerprint density at radius 2 is 2.09 bits per heavy atom. The monoisotopic (exact) mass is 497 g/mol. The average Bonchev–Trinajstić information content (AvgIpc) is 2.98. The molecule has 2 rings (SSSR count). The normalized spacial score (nSPS) is 20.9. The molecule has 1 aliphatic heterocycles. The van der Waals surface area contributed by atoms with Gasteiger partial charge in [-0.3, -0.25) is 4.99 Å². The van der Waals surface area contributed by atoms with Crippen LogP contribution in [0.15, 0.2) is 33.7 Å². The average molecular weight is 498 g/mol. The van der Waals surface area contributed by atoms with Gasteiger partial charge in [0.25, 0.3) is 0 Å². The Balaban J connectivity index is 0.00000264. The number of ether oxygens (including phenoxy) is 1. The molecule has 0 aliphatic carbocycles. The zero-order valence-electron chi connectivity index (χ0n) is 13.3. The minimum Gasteiger partial charge on any atom is -0.396 e. The van der Waals surface area contributed by atoms with E-state index in [1.165, 1.54) is 5.56 Å². The summed E-state index contributed by atoms with van der Waals surface area (Å²) in [6.07, 6.45) is 1.73. The molecular formula is C16H25BrIN3O2. The van der Waals surface area contributed by atoms with Crippen molar-refractivity contribution in [1.29, 1.82) is 0 Å². The van der Waals surface area contributed by atoms with Crippen molar-refractivity contribution in [3.63, 3.8) is 0 Å². The lowest BCUT2D eigenvalue weighted by Crippen LogP contribution is -2.44. The molecule has 1 aliphatic rings. The highest BCUT2D eigenvalue weighted by molar-refractivity contribution is 14.0. The first kappa shape index (κ1) is 20.7. The van der Waals surface area contributed by atoms with Gasteiger partial charge in [0.2, 0.25) is 0 Å². The molecule has 130 valence electrons. The Morgan fingerprint density at radius 3 is 2.65 bits per heavy atom. The van der Waals surface area contributed by atoms with Crippen LogP contribution in [0.5, 0.6) is 0 Å². The second-order valence-electron chi connectivity index (χ2n) is 5.68. The molecule has 0 spiro atoms. The maximum absolute atomic E-state index is 9.26. The molecule has 1 heterocycles. The fourth-order valence-electron chi connectivity index (χ4n) is 2.59. The molecule has 0 saturated carbocycles. The summed E-state index contributed by atoms with van der Waals surface area (Å²) < 4.78 is 6.58. The lowest BCUT2D eigenvalue weighted by atomic mass is 9.84. The molecule has 5 nitrogen and oxygen atoms in total. The molecule has 23 heavy (non-hydrogen) atoms. The number of nitrogens with one attached hydrogen (secondary N) is 2. The number of aliphatic hydroxyl groups is 1. The second-order valence-corrected chi connectivity index (χ2v) is 6.60. The molecule has 1 aromatic rings. The molecule has 0 aromatic heterocycles. The number of guanidine groups is 1. The van der Waals surface area contributed by atoms with Crippen molar-refractivity contribution < 1.29 is 9.84 Å². The SMILES string of the molecule is CN=C(NCc1ccc(Br)cc1)NCC1(CCO)CCOC1.I. The summed E-state index contributed by atoms with van der Waals surface area (Å²) in [5.74, 6) is 0.770. The number of aliphatic hydroxyl groups excluding tert-OH is 1. The Labute approximate surface area is 163 Å². The van der Waals surface area contributed by atoms with Gasteiger partial charge in [-0.05, 0) is 30.5 Å². The van der Waals surface area contributed by atoms with Crippen LogP contribution in [0, 0.1) is 5.41 Å². The first-order valence-corrected chi connectivity index (χ1v) is 8.34. The van der Waals surface area contributed by atoms with Crippen molar-refractivity contribution in [1.82, 2.24) is 10.6 Å². The van der Waals surface area contributed by atoms with Crippen LogP contribution in [-0.2, 0) is 11.3 Å². The molecule has 1 aromatic carbocycles. The molecule has 1 unspecified atom stereocenters. The minimum absolute atomic E-state index is 0. The highest BCUT2D eigenvalue weighted by atomic mass is 127. The molecule has 0 amide bonds. The summed E-state index contributed by atoms with van der Waals surface area (Å²) >= 11 is 3.43. The summed E-state index contributed by atoms with van der Waals surface area (Å²) in [6.45, 7) is 3.14. The van der Waals surface area contributed by atoms with E-state index in [9.17, 15) is 5.11 Å². The van der Waals surface area contributed by atoms with Crippen LogP contribution < -0.4 is 10.6 Å². The zero-order chi connectivity index (χ0) is 15.8. The van der Waals surface area contributed by atoms with Crippen molar-refractivity contribution in [2.45, 2.75) is 19.4 Å². The first-order valence-electron chi connectivity index (χ1n) is 7.55. The van der Waals surface area contributed by atoms with E-state index < -0.39 is 0 Å². The van der Waals surface area contributed by atoms with Gasteiger partial charge in [0, 0.05) is 43.2 Å². The van der Waals surface area contributed by atoms with Crippen molar-refractivity contribution >= 4 is 45.9 Å². The Hall–Kier alpha value is -0.380. The van der Waals surface area contributed by atoms with Crippen LogP contribution in [0.1, 0.15) is 18.4 Å². The first-order chi connectivity index (χ1) is 10.7. The van der Waals surface area contributed by atoms with Crippen LogP contribution in [-0.4, -0.2) is 44.5 Å². The van der Waals surface area contributed by atoms with Crippen LogP contribution in [0.2, 0.25) is 0 Å². The summed E-state index contributed by atoms with van der Waals surface area (Å²) in [5, 5.41) is 15.9. The molecule has 3 N–H and O–H groups in total. The van der Waals surface area contributed by atoms with E-state index in [2.05, 4.69) is 43.7 Å². The Kier molecular flexibility index (Phi) is 9.41.